The van der Waals surface area contributed by atoms with Gasteiger partial charge in [0.2, 0.25) is 11.8 Å². The maximum absolute atomic E-state index is 14.0. The summed E-state index contributed by atoms with van der Waals surface area (Å²) >= 11 is 6.25. The first-order valence-electron chi connectivity index (χ1n) is 25.7. The summed E-state index contributed by atoms with van der Waals surface area (Å²) in [6.07, 6.45) is 0.286. The number of carbonyl (C=O) groups excluding carboxylic acids is 4. The number of amides is 4. The molecule has 74 heavy (non-hydrogen) atoms. The van der Waals surface area contributed by atoms with Crippen LogP contribution in [0.5, 0.6) is 0 Å². The van der Waals surface area contributed by atoms with E-state index in [0.717, 1.165) is 40.9 Å². The Balaban J connectivity index is 0.659. The minimum atomic E-state index is -4.53. The SMILES string of the molecule is CC1CNc2ncnc(N3CCC(N)(C(=O)N[C@@H](CCN4CCN(C(=O)CCOCCNC(=O)c5ccc(C6CCN(C(=O)c7cccc8c(C(F)(F)F)cccc78)CC6)cc5)CC4)c4ccc(Cl)cc4)CC3)c21. The van der Waals surface area contributed by atoms with Gasteiger partial charge in [0.1, 0.15) is 18.0 Å². The molecule has 0 saturated carbocycles. The van der Waals surface area contributed by atoms with Crippen molar-refractivity contribution in [1.29, 1.82) is 0 Å². The first kappa shape index (κ1) is 52.5. The predicted molar refractivity (Wildman–Crippen MR) is 278 cm³/mol. The number of anilines is 2. The number of nitrogens with two attached hydrogens (primary N) is 1. The zero-order valence-corrected chi connectivity index (χ0v) is 42.4. The first-order valence-corrected chi connectivity index (χ1v) is 26.1. The number of rotatable bonds is 16. The maximum Gasteiger partial charge on any atom is 0.417 e. The van der Waals surface area contributed by atoms with Crippen molar-refractivity contribution in [3.8, 4) is 0 Å². The van der Waals surface area contributed by atoms with E-state index in [1.807, 2.05) is 41.3 Å². The lowest BCUT2D eigenvalue weighted by Gasteiger charge is -2.40. The van der Waals surface area contributed by atoms with Crippen LogP contribution in [0.3, 0.4) is 0 Å². The molecule has 3 saturated heterocycles. The lowest BCUT2D eigenvalue weighted by atomic mass is 9.86. The van der Waals surface area contributed by atoms with Crippen LogP contribution in [0.15, 0.2) is 91.3 Å². The van der Waals surface area contributed by atoms with E-state index in [-0.39, 0.29) is 78.1 Å². The van der Waals surface area contributed by atoms with Crippen molar-refractivity contribution in [2.24, 2.45) is 5.73 Å². The van der Waals surface area contributed by atoms with Crippen molar-refractivity contribution >= 4 is 57.6 Å². The highest BCUT2D eigenvalue weighted by Gasteiger charge is 2.41. The van der Waals surface area contributed by atoms with Gasteiger partial charge in [-0.2, -0.15) is 13.2 Å². The van der Waals surface area contributed by atoms with Gasteiger partial charge in [0.15, 0.2) is 0 Å². The van der Waals surface area contributed by atoms with E-state index in [1.54, 1.807) is 35.5 Å². The van der Waals surface area contributed by atoms with Crippen molar-refractivity contribution in [3.05, 3.63) is 130 Å². The Bertz CT molecular complexity index is 2800. The molecule has 0 aliphatic carbocycles. The van der Waals surface area contributed by atoms with Crippen LogP contribution in [0.4, 0.5) is 24.8 Å². The summed E-state index contributed by atoms with van der Waals surface area (Å²) in [7, 11) is 0. The Morgan fingerprint density at radius 3 is 2.27 bits per heavy atom. The van der Waals surface area contributed by atoms with Crippen LogP contribution in [0.1, 0.15) is 106 Å². The lowest BCUT2D eigenvalue weighted by Crippen LogP contribution is -2.60. The molecule has 2 atom stereocenters. The van der Waals surface area contributed by atoms with Crippen LogP contribution in [-0.2, 0) is 20.5 Å². The molecule has 0 bridgehead atoms. The molecule has 4 aliphatic rings. The predicted octanol–water partition coefficient (Wildman–Crippen LogP) is 7.38. The number of hydrogen-bond donors (Lipinski definition) is 4. The van der Waals surface area contributed by atoms with Crippen LogP contribution in [0, 0.1) is 0 Å². The molecule has 1 unspecified atom stereocenters. The van der Waals surface area contributed by atoms with Gasteiger partial charge >= 0.3 is 6.18 Å². The first-order chi connectivity index (χ1) is 35.6. The fraction of sp³-hybridized carbons (Fsp3) is 0.455. The van der Waals surface area contributed by atoms with Gasteiger partial charge in [-0.15, -0.1) is 0 Å². The number of piperidine rings is 2. The molecule has 0 spiro atoms. The Hall–Kier alpha value is -6.34. The summed E-state index contributed by atoms with van der Waals surface area (Å²) in [5.74, 6) is 1.57. The van der Waals surface area contributed by atoms with E-state index in [2.05, 4.69) is 42.6 Å². The monoisotopic (exact) mass is 1040 g/mol. The van der Waals surface area contributed by atoms with E-state index in [1.165, 1.54) is 18.2 Å². The smallest absolute Gasteiger partial charge is 0.379 e. The van der Waals surface area contributed by atoms with Crippen molar-refractivity contribution in [2.75, 3.05) is 95.4 Å². The second kappa shape index (κ2) is 23.1. The number of alkyl halides is 3. The van der Waals surface area contributed by atoms with Crippen molar-refractivity contribution in [2.45, 2.75) is 75.0 Å². The highest BCUT2D eigenvalue weighted by molar-refractivity contribution is 6.30. The average Bonchev–Trinajstić information content (AvgIpc) is 3.81. The van der Waals surface area contributed by atoms with Gasteiger partial charge in [0.05, 0.1) is 36.8 Å². The van der Waals surface area contributed by atoms with Crippen LogP contribution < -0.4 is 26.6 Å². The van der Waals surface area contributed by atoms with Crippen LogP contribution in [0.2, 0.25) is 5.02 Å². The molecule has 15 nitrogen and oxygen atoms in total. The van der Waals surface area contributed by atoms with Crippen molar-refractivity contribution in [3.63, 3.8) is 0 Å². The number of benzene rings is 4. The Labute approximate surface area is 434 Å². The van der Waals surface area contributed by atoms with Crippen LogP contribution >= 0.6 is 11.6 Å². The Morgan fingerprint density at radius 1 is 0.851 bits per heavy atom. The maximum atomic E-state index is 14.0. The van der Waals surface area contributed by atoms with Gasteiger partial charge in [-0.05, 0) is 96.3 Å². The minimum Gasteiger partial charge on any atom is -0.379 e. The van der Waals surface area contributed by atoms with Gasteiger partial charge in [-0.1, -0.05) is 67.1 Å². The molecule has 9 rings (SSSR count). The van der Waals surface area contributed by atoms with Crippen LogP contribution in [0.25, 0.3) is 10.8 Å². The van der Waals surface area contributed by atoms with Crippen molar-refractivity contribution < 1.29 is 37.1 Å². The number of likely N-dealkylation sites (tertiary alicyclic amines) is 1. The number of piperazine rings is 1. The summed E-state index contributed by atoms with van der Waals surface area (Å²) in [5, 5.41) is 10.4. The second-order valence-electron chi connectivity index (χ2n) is 20.0. The fourth-order valence-corrected chi connectivity index (χ4v) is 10.9. The van der Waals surface area contributed by atoms with E-state index >= 15 is 0 Å². The van der Waals surface area contributed by atoms with Crippen LogP contribution in [-0.4, -0.2) is 139 Å². The summed E-state index contributed by atoms with van der Waals surface area (Å²) in [5.41, 5.74) is 8.96. The molecule has 1 aromatic heterocycles. The minimum absolute atomic E-state index is 0.00990. The standard InChI is InChI=1S/C55H64ClF3N10O5/c1-36-34-62-49-48(36)50(64-35-63-49)68-26-20-54(60,21-27-68)53(73)65-46(39-12-14-41(56)15-13-39)18-23-66-28-30-67(31-29-66)47(70)19-32-74-33-22-61-51(71)40-10-8-37(9-11-40)38-16-24-69(25-17-38)52(72)44-6-2-5-43-42(44)4-3-7-45(43)55(57,58)59/h2-15,35-36,38,46H,16-34,60H2,1H3,(H,61,71)(H,65,73)(H,62,63,64)/t36?,46-/m0/s1. The quantitative estimate of drug-likeness (QED) is 0.0726. The number of ether oxygens (including phenoxy) is 1. The van der Waals surface area contributed by atoms with E-state index in [4.69, 9.17) is 22.1 Å². The van der Waals surface area contributed by atoms with Gasteiger partial charge in [0, 0.05) is 99.6 Å². The summed E-state index contributed by atoms with van der Waals surface area (Å²) in [4.78, 5) is 70.7. The Morgan fingerprint density at radius 2 is 1.55 bits per heavy atom. The third-order valence-corrected chi connectivity index (χ3v) is 15.5. The number of aromatic nitrogens is 2. The third-order valence-electron chi connectivity index (χ3n) is 15.3. The number of nitrogens with zero attached hydrogens (tertiary/aromatic N) is 6. The molecule has 19 heteroatoms. The summed E-state index contributed by atoms with van der Waals surface area (Å²) in [6, 6.07) is 23.1. The highest BCUT2D eigenvalue weighted by atomic mass is 35.5. The zero-order chi connectivity index (χ0) is 52.0. The Kier molecular flexibility index (Phi) is 16.4. The second-order valence-corrected chi connectivity index (χ2v) is 20.4. The molecular weight excluding hydrogens is 973 g/mol. The molecule has 4 aromatic carbocycles. The topological polar surface area (TPSA) is 178 Å². The molecule has 4 amide bonds. The zero-order valence-electron chi connectivity index (χ0n) is 41.6. The van der Waals surface area contributed by atoms with E-state index in [0.29, 0.717) is 108 Å². The average molecular weight is 1040 g/mol. The number of nitrogens with one attached hydrogen (secondary N) is 3. The van der Waals surface area contributed by atoms with Gasteiger partial charge < -0.3 is 41.1 Å². The highest BCUT2D eigenvalue weighted by Crippen LogP contribution is 2.39. The number of carbonyl (C=O) groups is 4. The number of hydrogen-bond acceptors (Lipinski definition) is 11. The summed E-state index contributed by atoms with van der Waals surface area (Å²) in [6.45, 7) is 9.16. The molecule has 4 aliphatic heterocycles. The lowest BCUT2D eigenvalue weighted by molar-refractivity contribution is -0.136. The molecule has 0 radical (unpaired) electrons. The third kappa shape index (κ3) is 12.1. The molecule has 5 aromatic rings. The molecular formula is C55H64ClF3N10O5. The largest absolute Gasteiger partial charge is 0.417 e. The van der Waals surface area contributed by atoms with E-state index in [9.17, 15) is 32.3 Å². The molecule has 3 fully saturated rings. The summed E-state index contributed by atoms with van der Waals surface area (Å²) < 4.78 is 46.7. The molecule has 5 heterocycles. The normalized spacial score (nSPS) is 18.7. The van der Waals surface area contributed by atoms with Crippen molar-refractivity contribution in [1.82, 2.24) is 35.3 Å². The number of fused-ring (bicyclic) bond motifs is 2. The van der Waals surface area contributed by atoms with Gasteiger partial charge in [-0.3, -0.25) is 24.1 Å². The van der Waals surface area contributed by atoms with E-state index < -0.39 is 17.3 Å². The fourth-order valence-electron chi connectivity index (χ4n) is 10.8. The van der Waals surface area contributed by atoms with Gasteiger partial charge in [0.25, 0.3) is 11.8 Å². The molecule has 392 valence electrons. The molecule has 5 N–H and O–H groups in total. The van der Waals surface area contributed by atoms with Gasteiger partial charge in [-0.25, -0.2) is 9.97 Å². The number of halogens is 4.